The van der Waals surface area contributed by atoms with Gasteiger partial charge in [0.2, 0.25) is 0 Å². The van der Waals surface area contributed by atoms with E-state index in [9.17, 15) is 23.1 Å². The first kappa shape index (κ1) is 24.3. The van der Waals surface area contributed by atoms with Gasteiger partial charge in [-0.05, 0) is 45.1 Å². The molecule has 0 radical (unpaired) electrons. The zero-order valence-corrected chi connectivity index (χ0v) is 15.9. The lowest BCUT2D eigenvalue weighted by Gasteiger charge is -2.20. The number of nitrogens with one attached hydrogen (secondary N) is 1. The number of unbranched alkanes of at least 4 members (excludes halogenated alkanes) is 1. The van der Waals surface area contributed by atoms with Crippen molar-refractivity contribution in [3.63, 3.8) is 0 Å². The molecule has 1 amide bonds. The Bertz CT molecular complexity index is 548. The maximum absolute atomic E-state index is 12.0. The Morgan fingerprint density at radius 1 is 1.19 bits per heavy atom. The molecule has 2 N–H and O–H groups in total. The van der Waals surface area contributed by atoms with E-state index in [4.69, 9.17) is 0 Å². The molecule has 0 saturated carbocycles. The molecular formula is C20H30F3NO2. The molecular weight excluding hydrogens is 343 g/mol. The van der Waals surface area contributed by atoms with E-state index in [-0.39, 0.29) is 6.54 Å². The lowest BCUT2D eigenvalue weighted by Crippen LogP contribution is -2.37. The van der Waals surface area contributed by atoms with Crippen LogP contribution in [0.1, 0.15) is 65.7 Å². The molecule has 0 aliphatic carbocycles. The maximum atomic E-state index is 12.0. The molecule has 3 nitrogen and oxygen atoms in total. The molecule has 0 spiro atoms. The van der Waals surface area contributed by atoms with Crippen molar-refractivity contribution in [3.05, 3.63) is 23.8 Å². The number of allylic oxidation sites excluding steroid dienone is 3. The number of aliphatic hydroxyl groups is 1. The first-order chi connectivity index (χ1) is 12.0. The number of hydrogen-bond donors (Lipinski definition) is 2. The highest BCUT2D eigenvalue weighted by Gasteiger charge is 2.38. The first-order valence-electron chi connectivity index (χ1n) is 9.00. The van der Waals surface area contributed by atoms with Crippen LogP contribution in [0.3, 0.4) is 0 Å². The van der Waals surface area contributed by atoms with Crippen molar-refractivity contribution in [2.24, 2.45) is 0 Å². The highest BCUT2D eigenvalue weighted by molar-refractivity contribution is 5.81. The largest absolute Gasteiger partial charge is 0.471 e. The molecule has 26 heavy (non-hydrogen) atoms. The molecule has 0 unspecified atom stereocenters. The Labute approximate surface area is 154 Å². The van der Waals surface area contributed by atoms with E-state index in [1.165, 1.54) is 0 Å². The highest BCUT2D eigenvalue weighted by Crippen LogP contribution is 2.19. The van der Waals surface area contributed by atoms with Gasteiger partial charge in [-0.2, -0.15) is 13.2 Å². The monoisotopic (exact) mass is 373 g/mol. The standard InChI is InChI=1S/C20H30F3NO2/c1-5-11-19(26,12-6-2)13-10-17(4)15-16(3)9-7-8-14-24-18(25)20(21,22)23/h15,26H,4-9,11-12,14H2,1-3H3,(H,24,25)/b16-15+. The van der Waals surface area contributed by atoms with Crippen LogP contribution in [0.5, 0.6) is 0 Å². The van der Waals surface area contributed by atoms with Crippen molar-refractivity contribution < 1.29 is 23.1 Å². The minimum Gasteiger partial charge on any atom is -0.378 e. The minimum absolute atomic E-state index is 0.00650. The number of carbonyl (C=O) groups is 1. The van der Waals surface area contributed by atoms with Gasteiger partial charge in [0, 0.05) is 12.1 Å². The summed E-state index contributed by atoms with van der Waals surface area (Å²) in [6.45, 7) is 9.75. The van der Waals surface area contributed by atoms with Crippen LogP contribution < -0.4 is 5.32 Å². The summed E-state index contributed by atoms with van der Waals surface area (Å²) >= 11 is 0. The average Bonchev–Trinajstić information content (AvgIpc) is 2.52. The van der Waals surface area contributed by atoms with Crippen LogP contribution in [0.2, 0.25) is 0 Å². The Morgan fingerprint density at radius 2 is 1.77 bits per heavy atom. The summed E-state index contributed by atoms with van der Waals surface area (Å²) in [7, 11) is 0. The number of amides is 1. The molecule has 6 heteroatoms. The van der Waals surface area contributed by atoms with E-state index in [0.717, 1.165) is 18.4 Å². The Hall–Kier alpha value is -1.74. The van der Waals surface area contributed by atoms with Gasteiger partial charge in [0.05, 0.1) is 0 Å². The molecule has 0 fully saturated rings. The third kappa shape index (κ3) is 11.0. The van der Waals surface area contributed by atoms with Crippen LogP contribution >= 0.6 is 0 Å². The summed E-state index contributed by atoms with van der Waals surface area (Å²) < 4.78 is 36.1. The second-order valence-corrected chi connectivity index (χ2v) is 6.51. The van der Waals surface area contributed by atoms with Crippen molar-refractivity contribution in [1.82, 2.24) is 5.32 Å². The van der Waals surface area contributed by atoms with Gasteiger partial charge in [-0.1, -0.05) is 50.7 Å². The van der Waals surface area contributed by atoms with E-state index in [1.807, 2.05) is 32.2 Å². The van der Waals surface area contributed by atoms with Gasteiger partial charge in [-0.15, -0.1) is 0 Å². The number of rotatable bonds is 10. The fourth-order valence-corrected chi connectivity index (χ4v) is 2.51. The van der Waals surface area contributed by atoms with Crippen LogP contribution in [0.4, 0.5) is 13.2 Å². The number of alkyl halides is 3. The van der Waals surface area contributed by atoms with Crippen molar-refractivity contribution in [1.29, 1.82) is 0 Å². The first-order valence-corrected chi connectivity index (χ1v) is 9.00. The van der Waals surface area contributed by atoms with E-state index in [0.29, 0.717) is 37.7 Å². The molecule has 0 heterocycles. The van der Waals surface area contributed by atoms with Crippen LogP contribution in [-0.2, 0) is 4.79 Å². The van der Waals surface area contributed by atoms with E-state index in [2.05, 4.69) is 18.4 Å². The van der Waals surface area contributed by atoms with Gasteiger partial charge in [0.25, 0.3) is 0 Å². The molecule has 0 aliphatic heterocycles. The van der Waals surface area contributed by atoms with Gasteiger partial charge >= 0.3 is 12.1 Å². The summed E-state index contributed by atoms with van der Waals surface area (Å²) in [5, 5.41) is 12.3. The molecule has 148 valence electrons. The molecule has 0 aromatic rings. The van der Waals surface area contributed by atoms with Gasteiger partial charge in [-0.3, -0.25) is 4.79 Å². The smallest absolute Gasteiger partial charge is 0.378 e. The molecule has 0 aliphatic rings. The summed E-state index contributed by atoms with van der Waals surface area (Å²) in [4.78, 5) is 10.7. The van der Waals surface area contributed by atoms with Crippen molar-refractivity contribution in [2.75, 3.05) is 6.54 Å². The molecule has 0 aromatic carbocycles. The van der Waals surface area contributed by atoms with E-state index >= 15 is 0 Å². The zero-order valence-electron chi connectivity index (χ0n) is 15.9. The number of halogens is 3. The lowest BCUT2D eigenvalue weighted by atomic mass is 9.93. The third-order valence-electron chi connectivity index (χ3n) is 3.74. The normalized spacial score (nSPS) is 12.3. The van der Waals surface area contributed by atoms with Crippen LogP contribution in [0, 0.1) is 11.8 Å². The maximum Gasteiger partial charge on any atom is 0.471 e. The predicted molar refractivity (Wildman–Crippen MR) is 98.4 cm³/mol. The Kier molecular flexibility index (Phi) is 11.0. The molecule has 0 bridgehead atoms. The third-order valence-corrected chi connectivity index (χ3v) is 3.74. The Morgan fingerprint density at radius 3 is 2.27 bits per heavy atom. The topological polar surface area (TPSA) is 49.3 Å². The number of hydrogen-bond acceptors (Lipinski definition) is 2. The van der Waals surface area contributed by atoms with Crippen LogP contribution in [0.15, 0.2) is 23.8 Å². The SMILES string of the molecule is C=C(C#CC(O)(CCC)CCC)/C=C(\C)CCCCNC(=O)C(F)(F)F. The lowest BCUT2D eigenvalue weighted by molar-refractivity contribution is -0.173. The molecule has 0 rings (SSSR count). The van der Waals surface area contributed by atoms with Crippen molar-refractivity contribution in [2.45, 2.75) is 77.5 Å². The van der Waals surface area contributed by atoms with E-state index in [1.54, 1.807) is 0 Å². The quantitative estimate of drug-likeness (QED) is 0.332. The highest BCUT2D eigenvalue weighted by atomic mass is 19.4. The average molecular weight is 373 g/mol. The molecule has 0 atom stereocenters. The predicted octanol–water partition coefficient (Wildman–Crippen LogP) is 4.67. The van der Waals surface area contributed by atoms with Crippen LogP contribution in [-0.4, -0.2) is 29.3 Å². The van der Waals surface area contributed by atoms with Crippen molar-refractivity contribution >= 4 is 5.91 Å². The van der Waals surface area contributed by atoms with E-state index < -0.39 is 17.7 Å². The number of carbonyl (C=O) groups excluding carboxylic acids is 1. The summed E-state index contributed by atoms with van der Waals surface area (Å²) in [6.07, 6.45) is 1.70. The van der Waals surface area contributed by atoms with Crippen molar-refractivity contribution in [3.8, 4) is 11.8 Å². The summed E-state index contributed by atoms with van der Waals surface area (Å²) in [5.41, 5.74) is 0.615. The van der Waals surface area contributed by atoms with Gasteiger partial charge < -0.3 is 10.4 Å². The minimum atomic E-state index is -4.83. The fraction of sp³-hybridized carbons (Fsp3) is 0.650. The van der Waals surface area contributed by atoms with Gasteiger partial charge in [0.15, 0.2) is 0 Å². The Balaban J connectivity index is 4.37. The molecule has 0 saturated heterocycles. The summed E-state index contributed by atoms with van der Waals surface area (Å²) in [5.74, 6) is 3.91. The zero-order chi connectivity index (χ0) is 20.2. The second-order valence-electron chi connectivity index (χ2n) is 6.51. The summed E-state index contributed by atoms with van der Waals surface area (Å²) in [6, 6.07) is 0. The molecule has 0 aromatic heterocycles. The van der Waals surface area contributed by atoms with Gasteiger partial charge in [0.1, 0.15) is 5.60 Å². The second kappa shape index (κ2) is 11.8. The van der Waals surface area contributed by atoms with Crippen LogP contribution in [0.25, 0.3) is 0 Å². The van der Waals surface area contributed by atoms with Gasteiger partial charge in [-0.25, -0.2) is 0 Å². The fourth-order valence-electron chi connectivity index (χ4n) is 2.51.